The topological polar surface area (TPSA) is 19.0 Å². The molecule has 0 radical (unpaired) electrons. The van der Waals surface area contributed by atoms with Gasteiger partial charge in [-0.3, -0.25) is 0 Å². The SMILES string of the molecule is CN(C)c1ccc(-c2c[nH]c(-c3ccccc3)c2)cc1. The Bertz CT molecular complexity index is 679. The molecule has 0 aliphatic carbocycles. The normalized spacial score (nSPS) is 10.5. The minimum absolute atomic E-state index is 1.15. The van der Waals surface area contributed by atoms with Gasteiger partial charge in [0.05, 0.1) is 0 Å². The first-order chi connectivity index (χ1) is 9.74. The molecule has 0 unspecified atom stereocenters. The third kappa shape index (κ3) is 2.45. The van der Waals surface area contributed by atoms with Gasteiger partial charge in [0.15, 0.2) is 0 Å². The quantitative estimate of drug-likeness (QED) is 0.740. The Balaban J connectivity index is 1.90. The smallest absolute Gasteiger partial charge is 0.0460 e. The molecule has 0 saturated heterocycles. The number of H-pyrrole nitrogens is 1. The van der Waals surface area contributed by atoms with Crippen LogP contribution in [0, 0.1) is 0 Å². The van der Waals surface area contributed by atoms with Gasteiger partial charge in [0.2, 0.25) is 0 Å². The number of nitrogens with one attached hydrogen (secondary N) is 1. The second kappa shape index (κ2) is 5.25. The predicted octanol–water partition coefficient (Wildman–Crippen LogP) is 4.41. The number of rotatable bonds is 3. The van der Waals surface area contributed by atoms with Crippen molar-refractivity contribution in [2.45, 2.75) is 0 Å². The zero-order valence-electron chi connectivity index (χ0n) is 11.8. The van der Waals surface area contributed by atoms with Crippen molar-refractivity contribution < 1.29 is 0 Å². The van der Waals surface area contributed by atoms with E-state index in [2.05, 4.69) is 84.8 Å². The molecule has 20 heavy (non-hydrogen) atoms. The lowest BCUT2D eigenvalue weighted by atomic mass is 10.1. The summed E-state index contributed by atoms with van der Waals surface area (Å²) in [5.74, 6) is 0. The minimum atomic E-state index is 1.15. The Labute approximate surface area is 119 Å². The number of benzene rings is 2. The highest BCUT2D eigenvalue weighted by molar-refractivity contribution is 5.72. The van der Waals surface area contributed by atoms with E-state index >= 15 is 0 Å². The molecule has 2 aromatic carbocycles. The fraction of sp³-hybridized carbons (Fsp3) is 0.111. The van der Waals surface area contributed by atoms with Gasteiger partial charge in [0.1, 0.15) is 0 Å². The lowest BCUT2D eigenvalue weighted by Crippen LogP contribution is -2.07. The molecule has 2 heteroatoms. The molecule has 0 saturated carbocycles. The number of nitrogens with zero attached hydrogens (tertiary/aromatic N) is 1. The van der Waals surface area contributed by atoms with Gasteiger partial charge < -0.3 is 9.88 Å². The van der Waals surface area contributed by atoms with Crippen molar-refractivity contribution in [2.24, 2.45) is 0 Å². The van der Waals surface area contributed by atoms with E-state index in [0.717, 1.165) is 5.69 Å². The molecule has 0 bridgehead atoms. The van der Waals surface area contributed by atoms with E-state index in [-0.39, 0.29) is 0 Å². The highest BCUT2D eigenvalue weighted by Crippen LogP contribution is 2.27. The average Bonchev–Trinajstić information content (AvgIpc) is 2.98. The Kier molecular flexibility index (Phi) is 3.30. The molecule has 0 spiro atoms. The van der Waals surface area contributed by atoms with Crippen molar-refractivity contribution in [1.29, 1.82) is 0 Å². The van der Waals surface area contributed by atoms with Gasteiger partial charge in [0, 0.05) is 31.7 Å². The van der Waals surface area contributed by atoms with Crippen molar-refractivity contribution in [3.63, 3.8) is 0 Å². The van der Waals surface area contributed by atoms with Crippen LogP contribution in [0.25, 0.3) is 22.4 Å². The first-order valence-electron chi connectivity index (χ1n) is 6.75. The summed E-state index contributed by atoms with van der Waals surface area (Å²) in [6.07, 6.45) is 2.06. The second-order valence-corrected chi connectivity index (χ2v) is 5.11. The highest BCUT2D eigenvalue weighted by Gasteiger charge is 2.04. The molecular formula is C18H18N2. The van der Waals surface area contributed by atoms with Gasteiger partial charge in [-0.1, -0.05) is 42.5 Å². The molecule has 1 heterocycles. The van der Waals surface area contributed by atoms with Gasteiger partial charge in [-0.15, -0.1) is 0 Å². The van der Waals surface area contributed by atoms with Crippen LogP contribution in [0.5, 0.6) is 0 Å². The average molecular weight is 262 g/mol. The maximum Gasteiger partial charge on any atom is 0.0460 e. The number of hydrogen-bond acceptors (Lipinski definition) is 1. The summed E-state index contributed by atoms with van der Waals surface area (Å²) in [5, 5.41) is 0. The fourth-order valence-electron chi connectivity index (χ4n) is 2.30. The van der Waals surface area contributed by atoms with Crippen LogP contribution < -0.4 is 4.90 Å². The third-order valence-corrected chi connectivity index (χ3v) is 3.48. The first-order valence-corrected chi connectivity index (χ1v) is 6.75. The molecule has 0 fully saturated rings. The molecule has 3 aromatic rings. The van der Waals surface area contributed by atoms with E-state index in [1.807, 2.05) is 6.07 Å². The molecular weight excluding hydrogens is 244 g/mol. The van der Waals surface area contributed by atoms with Crippen LogP contribution in [0.2, 0.25) is 0 Å². The van der Waals surface area contributed by atoms with E-state index in [0.29, 0.717) is 0 Å². The third-order valence-electron chi connectivity index (χ3n) is 3.48. The molecule has 0 aliphatic rings. The molecule has 1 N–H and O–H groups in total. The monoisotopic (exact) mass is 262 g/mol. The molecule has 0 atom stereocenters. The molecule has 0 aliphatic heterocycles. The Hall–Kier alpha value is -2.48. The Morgan fingerprint density at radius 3 is 2.10 bits per heavy atom. The van der Waals surface area contributed by atoms with Crippen LogP contribution >= 0.6 is 0 Å². The van der Waals surface area contributed by atoms with Crippen LogP contribution in [0.15, 0.2) is 66.9 Å². The van der Waals surface area contributed by atoms with Crippen molar-refractivity contribution in [3.8, 4) is 22.4 Å². The highest BCUT2D eigenvalue weighted by atomic mass is 15.1. The summed E-state index contributed by atoms with van der Waals surface area (Å²) in [6.45, 7) is 0. The van der Waals surface area contributed by atoms with Gasteiger partial charge in [-0.25, -0.2) is 0 Å². The van der Waals surface area contributed by atoms with Crippen LogP contribution in [-0.2, 0) is 0 Å². The lowest BCUT2D eigenvalue weighted by Gasteiger charge is -2.12. The van der Waals surface area contributed by atoms with Crippen LogP contribution in [0.3, 0.4) is 0 Å². The first kappa shape index (κ1) is 12.5. The molecule has 0 amide bonds. The Morgan fingerprint density at radius 2 is 1.45 bits per heavy atom. The standard InChI is InChI=1S/C18H18N2/c1-20(2)17-10-8-14(9-11-17)16-12-18(19-13-16)15-6-4-3-5-7-15/h3-13,19H,1-2H3. The Morgan fingerprint density at radius 1 is 0.750 bits per heavy atom. The van der Waals surface area contributed by atoms with Crippen molar-refractivity contribution in [1.82, 2.24) is 4.98 Å². The fourth-order valence-corrected chi connectivity index (χ4v) is 2.30. The minimum Gasteiger partial charge on any atom is -0.378 e. The van der Waals surface area contributed by atoms with Gasteiger partial charge >= 0.3 is 0 Å². The van der Waals surface area contributed by atoms with Crippen molar-refractivity contribution >= 4 is 5.69 Å². The summed E-state index contributed by atoms with van der Waals surface area (Å²) >= 11 is 0. The number of anilines is 1. The molecule has 100 valence electrons. The zero-order chi connectivity index (χ0) is 13.9. The second-order valence-electron chi connectivity index (χ2n) is 5.11. The maximum absolute atomic E-state index is 3.35. The van der Waals surface area contributed by atoms with Crippen molar-refractivity contribution in [3.05, 3.63) is 66.9 Å². The van der Waals surface area contributed by atoms with E-state index in [4.69, 9.17) is 0 Å². The number of aromatic nitrogens is 1. The van der Waals surface area contributed by atoms with E-state index in [1.54, 1.807) is 0 Å². The largest absolute Gasteiger partial charge is 0.378 e. The predicted molar refractivity (Wildman–Crippen MR) is 86.0 cm³/mol. The summed E-state index contributed by atoms with van der Waals surface area (Å²) in [4.78, 5) is 5.45. The van der Waals surface area contributed by atoms with E-state index in [1.165, 1.54) is 22.4 Å². The summed E-state index contributed by atoms with van der Waals surface area (Å²) in [7, 11) is 4.11. The van der Waals surface area contributed by atoms with Gasteiger partial charge in [0.25, 0.3) is 0 Å². The maximum atomic E-state index is 3.35. The summed E-state index contributed by atoms with van der Waals surface area (Å²) in [5.41, 5.74) is 6.02. The van der Waals surface area contributed by atoms with Crippen LogP contribution in [0.1, 0.15) is 0 Å². The summed E-state index contributed by atoms with van der Waals surface area (Å²) < 4.78 is 0. The van der Waals surface area contributed by atoms with Gasteiger partial charge in [-0.05, 0) is 34.9 Å². The van der Waals surface area contributed by atoms with Crippen LogP contribution in [0.4, 0.5) is 5.69 Å². The number of hydrogen-bond donors (Lipinski definition) is 1. The van der Waals surface area contributed by atoms with Gasteiger partial charge in [-0.2, -0.15) is 0 Å². The molecule has 2 nitrogen and oxygen atoms in total. The molecule has 3 rings (SSSR count). The van der Waals surface area contributed by atoms with E-state index in [9.17, 15) is 0 Å². The zero-order valence-corrected chi connectivity index (χ0v) is 11.8. The van der Waals surface area contributed by atoms with E-state index < -0.39 is 0 Å². The molecule has 1 aromatic heterocycles. The van der Waals surface area contributed by atoms with Crippen molar-refractivity contribution in [2.75, 3.05) is 19.0 Å². The summed E-state index contributed by atoms with van der Waals surface area (Å²) in [6, 6.07) is 21.2. The number of aromatic amines is 1. The lowest BCUT2D eigenvalue weighted by molar-refractivity contribution is 1.13. The van der Waals surface area contributed by atoms with Crippen LogP contribution in [-0.4, -0.2) is 19.1 Å².